The van der Waals surface area contributed by atoms with E-state index in [1.165, 1.54) is 0 Å². The van der Waals surface area contributed by atoms with Crippen molar-refractivity contribution in [2.24, 2.45) is 0 Å². The number of rotatable bonds is 3. The van der Waals surface area contributed by atoms with Crippen LogP contribution in [0.2, 0.25) is 0 Å². The normalized spacial score (nSPS) is 11.4. The van der Waals surface area contributed by atoms with Gasteiger partial charge in [-0.15, -0.1) is 0 Å². The van der Waals surface area contributed by atoms with Crippen molar-refractivity contribution in [3.8, 4) is 11.3 Å². The van der Waals surface area contributed by atoms with Crippen LogP contribution in [0.25, 0.3) is 11.3 Å². The number of nitrogens with zero attached hydrogens (tertiary/aromatic N) is 3. The number of pyridine rings is 1. The summed E-state index contributed by atoms with van der Waals surface area (Å²) in [7, 11) is 0. The van der Waals surface area contributed by atoms with E-state index in [-0.39, 0.29) is 12.5 Å². The first-order valence-electron chi connectivity index (χ1n) is 6.20. The summed E-state index contributed by atoms with van der Waals surface area (Å²) in [6.45, 7) is 5.65. The Balaban J connectivity index is 2.14. The highest BCUT2D eigenvalue weighted by Gasteiger charge is 2.18. The van der Waals surface area contributed by atoms with Crippen LogP contribution in [-0.4, -0.2) is 26.3 Å². The van der Waals surface area contributed by atoms with E-state index in [0.29, 0.717) is 0 Å². The molecule has 6 heteroatoms. The fraction of sp³-hybridized carbons (Fsp3) is 0.357. The number of carbonyl (C=O) groups is 1. The molecule has 0 radical (unpaired) electrons. The Hall–Kier alpha value is -1.44. The van der Waals surface area contributed by atoms with E-state index in [9.17, 15) is 4.79 Å². The topological polar surface area (TPSA) is 57.0 Å². The molecule has 0 atom stereocenters. The van der Waals surface area contributed by atoms with E-state index in [0.717, 1.165) is 14.8 Å². The highest BCUT2D eigenvalue weighted by Crippen LogP contribution is 2.22. The first-order chi connectivity index (χ1) is 9.35. The third kappa shape index (κ3) is 4.03. The van der Waals surface area contributed by atoms with Crippen LogP contribution in [0.4, 0.5) is 0 Å². The van der Waals surface area contributed by atoms with Crippen LogP contribution in [-0.2, 0) is 16.1 Å². The number of halogens is 1. The first-order valence-corrected chi connectivity index (χ1v) is 7.28. The molecule has 2 heterocycles. The molecule has 106 valence electrons. The second-order valence-corrected chi connectivity index (χ2v) is 6.51. The Bertz CT molecular complexity index is 603. The van der Waals surface area contributed by atoms with Crippen molar-refractivity contribution in [3.05, 3.63) is 34.3 Å². The molecule has 0 spiro atoms. The van der Waals surface area contributed by atoms with E-state index in [4.69, 9.17) is 4.74 Å². The molecule has 0 saturated carbocycles. The SMILES string of the molecule is CC(C)(C)OC(=O)Cn1cc(I)c(-c2ccncc2)n1. The van der Waals surface area contributed by atoms with Gasteiger partial charge in [0.05, 0.1) is 3.57 Å². The minimum Gasteiger partial charge on any atom is -0.459 e. The van der Waals surface area contributed by atoms with Gasteiger partial charge in [0.1, 0.15) is 17.8 Å². The van der Waals surface area contributed by atoms with Crippen molar-refractivity contribution in [2.75, 3.05) is 0 Å². The fourth-order valence-electron chi connectivity index (χ4n) is 1.69. The number of esters is 1. The van der Waals surface area contributed by atoms with Gasteiger partial charge in [0, 0.05) is 24.2 Å². The third-order valence-electron chi connectivity index (χ3n) is 2.38. The molecule has 0 aliphatic carbocycles. The van der Waals surface area contributed by atoms with Crippen molar-refractivity contribution in [1.29, 1.82) is 0 Å². The molecule has 5 nitrogen and oxygen atoms in total. The summed E-state index contributed by atoms with van der Waals surface area (Å²) in [5.41, 5.74) is 1.34. The molecule has 0 bridgehead atoms. The molecule has 0 aliphatic rings. The van der Waals surface area contributed by atoms with E-state index in [1.807, 2.05) is 39.1 Å². The average Bonchev–Trinajstić information content (AvgIpc) is 2.68. The number of ether oxygens (including phenoxy) is 1. The average molecular weight is 385 g/mol. The lowest BCUT2D eigenvalue weighted by atomic mass is 10.2. The van der Waals surface area contributed by atoms with Gasteiger partial charge in [-0.25, -0.2) is 0 Å². The number of aromatic nitrogens is 3. The van der Waals surface area contributed by atoms with Crippen LogP contribution in [0, 0.1) is 3.57 Å². The minimum atomic E-state index is -0.481. The molecule has 0 amide bonds. The zero-order valence-corrected chi connectivity index (χ0v) is 13.8. The van der Waals surface area contributed by atoms with Crippen molar-refractivity contribution in [2.45, 2.75) is 32.9 Å². The molecular weight excluding hydrogens is 369 g/mol. The van der Waals surface area contributed by atoms with Gasteiger partial charge in [0.15, 0.2) is 0 Å². The standard InChI is InChI=1S/C14H16IN3O2/c1-14(2,3)20-12(19)9-18-8-11(15)13(17-18)10-4-6-16-7-5-10/h4-8H,9H2,1-3H3. The maximum Gasteiger partial charge on any atom is 0.328 e. The molecule has 2 aromatic heterocycles. The summed E-state index contributed by atoms with van der Waals surface area (Å²) in [5.74, 6) is -0.294. The van der Waals surface area contributed by atoms with Crippen LogP contribution in [0.5, 0.6) is 0 Å². The lowest BCUT2D eigenvalue weighted by Crippen LogP contribution is -2.26. The first kappa shape index (κ1) is 15.0. The number of carbonyl (C=O) groups excluding carboxylic acids is 1. The molecule has 20 heavy (non-hydrogen) atoms. The molecule has 0 saturated heterocycles. The molecule has 0 aromatic carbocycles. The van der Waals surface area contributed by atoms with Crippen LogP contribution in [0.15, 0.2) is 30.7 Å². The lowest BCUT2D eigenvalue weighted by Gasteiger charge is -2.19. The zero-order chi connectivity index (χ0) is 14.8. The quantitative estimate of drug-likeness (QED) is 0.602. The Morgan fingerprint density at radius 2 is 2.00 bits per heavy atom. The van der Waals surface area contributed by atoms with Gasteiger partial charge in [-0.3, -0.25) is 14.5 Å². The molecule has 2 rings (SSSR count). The van der Waals surface area contributed by atoms with Crippen molar-refractivity contribution >= 4 is 28.6 Å². The van der Waals surface area contributed by atoms with Gasteiger partial charge in [-0.2, -0.15) is 5.10 Å². The van der Waals surface area contributed by atoms with E-state index >= 15 is 0 Å². The second kappa shape index (κ2) is 5.90. The summed E-state index contributed by atoms with van der Waals surface area (Å²) in [6.07, 6.45) is 5.27. The number of hydrogen-bond acceptors (Lipinski definition) is 4. The predicted octanol–water partition coefficient (Wildman–Crippen LogP) is 2.89. The van der Waals surface area contributed by atoms with Crippen molar-refractivity contribution < 1.29 is 9.53 Å². The van der Waals surface area contributed by atoms with Gasteiger partial charge in [0.2, 0.25) is 0 Å². The minimum absolute atomic E-state index is 0.109. The highest BCUT2D eigenvalue weighted by molar-refractivity contribution is 14.1. The highest BCUT2D eigenvalue weighted by atomic mass is 127. The molecule has 0 aliphatic heterocycles. The maximum absolute atomic E-state index is 11.8. The molecule has 2 aromatic rings. The largest absolute Gasteiger partial charge is 0.459 e. The number of hydrogen-bond donors (Lipinski definition) is 0. The lowest BCUT2D eigenvalue weighted by molar-refractivity contribution is -0.155. The van der Waals surface area contributed by atoms with E-state index in [2.05, 4.69) is 32.7 Å². The van der Waals surface area contributed by atoms with Crippen molar-refractivity contribution in [1.82, 2.24) is 14.8 Å². The van der Waals surface area contributed by atoms with Gasteiger partial charge >= 0.3 is 5.97 Å². The molecule has 0 N–H and O–H groups in total. The summed E-state index contributed by atoms with van der Waals surface area (Å²) in [4.78, 5) is 15.8. The smallest absolute Gasteiger partial charge is 0.328 e. The van der Waals surface area contributed by atoms with Gasteiger partial charge < -0.3 is 4.74 Å². The van der Waals surface area contributed by atoms with Gasteiger partial charge in [-0.1, -0.05) is 0 Å². The van der Waals surface area contributed by atoms with Gasteiger partial charge in [-0.05, 0) is 55.5 Å². The van der Waals surface area contributed by atoms with Crippen LogP contribution in [0.3, 0.4) is 0 Å². The van der Waals surface area contributed by atoms with E-state index < -0.39 is 5.60 Å². The molecule has 0 unspecified atom stereocenters. The Kier molecular flexibility index (Phi) is 4.42. The monoisotopic (exact) mass is 385 g/mol. The third-order valence-corrected chi connectivity index (χ3v) is 3.17. The summed E-state index contributed by atoms with van der Waals surface area (Å²) in [5, 5.41) is 4.43. The summed E-state index contributed by atoms with van der Waals surface area (Å²) in [6, 6.07) is 3.78. The molecular formula is C14H16IN3O2. The second-order valence-electron chi connectivity index (χ2n) is 5.35. The van der Waals surface area contributed by atoms with Crippen molar-refractivity contribution in [3.63, 3.8) is 0 Å². The predicted molar refractivity (Wildman–Crippen MR) is 84.0 cm³/mol. The zero-order valence-electron chi connectivity index (χ0n) is 11.6. The van der Waals surface area contributed by atoms with Gasteiger partial charge in [0.25, 0.3) is 0 Å². The maximum atomic E-state index is 11.8. The van der Waals surface area contributed by atoms with E-state index in [1.54, 1.807) is 17.1 Å². The Morgan fingerprint density at radius 3 is 2.60 bits per heavy atom. The summed E-state index contributed by atoms with van der Waals surface area (Å²) < 4.78 is 7.87. The Labute approximate surface area is 131 Å². The molecule has 0 fully saturated rings. The summed E-state index contributed by atoms with van der Waals surface area (Å²) >= 11 is 2.20. The van der Waals surface area contributed by atoms with Crippen LogP contribution in [0.1, 0.15) is 20.8 Å². The fourth-order valence-corrected chi connectivity index (χ4v) is 2.43. The van der Waals surface area contributed by atoms with Crippen LogP contribution >= 0.6 is 22.6 Å². The van der Waals surface area contributed by atoms with Crippen LogP contribution < -0.4 is 0 Å². The Morgan fingerprint density at radius 1 is 1.35 bits per heavy atom.